The van der Waals surface area contributed by atoms with Crippen LogP contribution in [0.5, 0.6) is 0 Å². The Morgan fingerprint density at radius 2 is 1.00 bits per heavy atom. The summed E-state index contributed by atoms with van der Waals surface area (Å²) in [6.07, 6.45) is 23.0. The zero-order chi connectivity index (χ0) is 22.8. The molecule has 5 heteroatoms. The molecule has 0 saturated carbocycles. The molecule has 0 aliphatic rings. The molecule has 0 spiro atoms. The normalized spacial score (nSPS) is 11.9. The highest BCUT2D eigenvalue weighted by atomic mass is 32.9. The molecule has 1 aromatic carbocycles. The van der Waals surface area contributed by atoms with E-state index in [9.17, 15) is 9.79 Å². The van der Waals surface area contributed by atoms with E-state index in [-0.39, 0.29) is 0 Å². The van der Waals surface area contributed by atoms with Crippen LogP contribution in [0.2, 0.25) is 0 Å². The van der Waals surface area contributed by atoms with Crippen LogP contribution >= 0.6 is 17.1 Å². The van der Waals surface area contributed by atoms with Crippen molar-refractivity contribution in [2.45, 2.75) is 134 Å². The van der Waals surface area contributed by atoms with Gasteiger partial charge in [-0.2, -0.15) is 0 Å². The second-order valence-electron chi connectivity index (χ2n) is 8.94. The zero-order valence-electron chi connectivity index (χ0n) is 20.1. The summed E-state index contributed by atoms with van der Waals surface area (Å²) < 4.78 is 0. The van der Waals surface area contributed by atoms with Gasteiger partial charge in [0.05, 0.1) is 0 Å². The van der Waals surface area contributed by atoms with Gasteiger partial charge >= 0.3 is 0 Å². The third-order valence-electron chi connectivity index (χ3n) is 5.99. The van der Waals surface area contributed by atoms with E-state index < -0.39 is 5.69 Å². The molecule has 0 radical (unpaired) electrons. The molecule has 0 atom stereocenters. The van der Waals surface area contributed by atoms with Gasteiger partial charge in [0.25, 0.3) is 0 Å². The Bertz CT molecular complexity index is 577. The summed E-state index contributed by atoms with van der Waals surface area (Å²) >= 11 is 6.13. The van der Waals surface area contributed by atoms with Crippen LogP contribution in [0.4, 0.5) is 0 Å². The number of hydrogen-bond donors (Lipinski definition) is 2. The Morgan fingerprint density at radius 1 is 0.645 bits per heavy atom. The summed E-state index contributed by atoms with van der Waals surface area (Å²) in [7, 11) is 0. The molecule has 0 aliphatic carbocycles. The summed E-state index contributed by atoms with van der Waals surface area (Å²) in [5.41, 5.74) is -0.803. The molecule has 0 aromatic heterocycles. The fraction of sp³-hybridized carbons (Fsp3) is 0.769. The summed E-state index contributed by atoms with van der Waals surface area (Å²) in [5, 5.41) is 0. The van der Waals surface area contributed by atoms with Crippen molar-refractivity contribution < 1.29 is 9.79 Å². The molecule has 0 saturated heterocycles. The van der Waals surface area contributed by atoms with Crippen LogP contribution in [0.15, 0.2) is 23.1 Å². The molecule has 2 N–H and O–H groups in total. The molecule has 0 unspecified atom stereocenters. The number of unbranched alkanes of at least 4 members (excludes halogenated alkanes) is 14. The van der Waals surface area contributed by atoms with E-state index in [0.717, 1.165) is 29.1 Å². The van der Waals surface area contributed by atoms with Gasteiger partial charge in [-0.25, -0.2) is 0 Å². The number of hydrogen-bond acceptors (Lipinski definition) is 2. The molecule has 1 rings (SSSR count). The Labute approximate surface area is 201 Å². The van der Waals surface area contributed by atoms with Crippen LogP contribution in [0.1, 0.15) is 128 Å². The van der Waals surface area contributed by atoms with Gasteiger partial charge < -0.3 is 9.79 Å². The minimum atomic E-state index is -3.31. The maximum absolute atomic E-state index is 9.99. The third kappa shape index (κ3) is 15.6. The first-order valence-electron chi connectivity index (χ1n) is 12.8. The highest BCUT2D eigenvalue weighted by Gasteiger charge is 2.17. The zero-order valence-corrected chi connectivity index (χ0v) is 22.6. The Morgan fingerprint density at radius 3 is 1.35 bits per heavy atom. The van der Waals surface area contributed by atoms with E-state index in [1.54, 1.807) is 0 Å². The molecule has 0 fully saturated rings. The SMILES string of the molecule is CCCCCCCCCCc1cccc(CCCCCCCCCC)c1SP(O)(O)=S. The van der Waals surface area contributed by atoms with Gasteiger partial charge in [-0.15, -0.1) is 0 Å². The standard InChI is InChI=1S/C26H47O2PS2/c1-3-5-7-9-11-13-15-17-20-24-22-19-23-25(26(24)31-29(27,28)30)21-18-16-14-12-10-8-6-4-2/h19,22-23H,3-18,20-21H2,1-2H3,(H2,27,28,30). The first-order valence-corrected chi connectivity index (χ1v) is 17.0. The van der Waals surface area contributed by atoms with Crippen molar-refractivity contribution in [3.63, 3.8) is 0 Å². The maximum Gasteiger partial charge on any atom is 0.246 e. The summed E-state index contributed by atoms with van der Waals surface area (Å²) in [5.74, 6) is 0. The second-order valence-corrected chi connectivity index (χ2v) is 14.8. The van der Waals surface area contributed by atoms with E-state index in [4.69, 9.17) is 11.8 Å². The minimum Gasteiger partial charge on any atom is -0.337 e. The van der Waals surface area contributed by atoms with Gasteiger partial charge in [0.1, 0.15) is 0 Å². The molecule has 1 aromatic rings. The fourth-order valence-corrected chi connectivity index (χ4v) is 7.07. The Balaban J connectivity index is 2.49. The Hall–Kier alpha value is 0.140. The lowest BCUT2D eigenvalue weighted by molar-refractivity contribution is 0.502. The van der Waals surface area contributed by atoms with Crippen LogP contribution < -0.4 is 0 Å². The summed E-state index contributed by atoms with van der Waals surface area (Å²) in [6.45, 7) is 4.52. The van der Waals surface area contributed by atoms with Crippen molar-refractivity contribution in [1.82, 2.24) is 0 Å². The second kappa shape index (κ2) is 18.6. The average molecular weight is 487 g/mol. The van der Waals surface area contributed by atoms with Gasteiger partial charge in [-0.05, 0) is 60.0 Å². The van der Waals surface area contributed by atoms with Crippen molar-refractivity contribution in [2.24, 2.45) is 0 Å². The maximum atomic E-state index is 9.99. The van der Waals surface area contributed by atoms with Crippen molar-refractivity contribution in [2.75, 3.05) is 0 Å². The van der Waals surface area contributed by atoms with Gasteiger partial charge in [0.15, 0.2) is 0 Å². The van der Waals surface area contributed by atoms with Crippen molar-refractivity contribution in [3.8, 4) is 0 Å². The van der Waals surface area contributed by atoms with Crippen LogP contribution in [0, 0.1) is 0 Å². The lowest BCUT2D eigenvalue weighted by Crippen LogP contribution is -1.96. The van der Waals surface area contributed by atoms with E-state index in [1.165, 1.54) is 114 Å². The fourth-order valence-electron chi connectivity index (χ4n) is 4.17. The predicted octanol–water partition coefficient (Wildman–Crippen LogP) is 9.35. The monoisotopic (exact) mass is 486 g/mol. The smallest absolute Gasteiger partial charge is 0.246 e. The number of benzene rings is 1. The first-order chi connectivity index (χ1) is 15.0. The van der Waals surface area contributed by atoms with Gasteiger partial charge in [0.2, 0.25) is 5.69 Å². The number of rotatable bonds is 20. The summed E-state index contributed by atoms with van der Waals surface area (Å²) in [4.78, 5) is 21.0. The summed E-state index contributed by atoms with van der Waals surface area (Å²) in [6, 6.07) is 6.46. The highest BCUT2D eigenvalue weighted by molar-refractivity contribution is 8.67. The third-order valence-corrected chi connectivity index (χ3v) is 8.86. The average Bonchev–Trinajstić information content (AvgIpc) is 2.72. The van der Waals surface area contributed by atoms with Gasteiger partial charge in [-0.3, -0.25) is 0 Å². The molecule has 0 heterocycles. The molecule has 2 nitrogen and oxygen atoms in total. The van der Waals surface area contributed by atoms with Crippen LogP contribution in [0.25, 0.3) is 0 Å². The molecule has 31 heavy (non-hydrogen) atoms. The van der Waals surface area contributed by atoms with Crippen molar-refractivity contribution in [3.05, 3.63) is 29.3 Å². The predicted molar refractivity (Wildman–Crippen MR) is 144 cm³/mol. The number of aryl methyl sites for hydroxylation is 2. The first kappa shape index (κ1) is 29.2. The van der Waals surface area contributed by atoms with E-state index in [1.807, 2.05) is 0 Å². The van der Waals surface area contributed by atoms with Gasteiger partial charge in [0, 0.05) is 4.90 Å². The molecule has 180 valence electrons. The largest absolute Gasteiger partial charge is 0.337 e. The quantitative estimate of drug-likeness (QED) is 0.142. The molecule has 0 aliphatic heterocycles. The topological polar surface area (TPSA) is 40.5 Å². The van der Waals surface area contributed by atoms with Crippen molar-refractivity contribution >= 4 is 28.9 Å². The van der Waals surface area contributed by atoms with Crippen molar-refractivity contribution in [1.29, 1.82) is 0 Å². The molecule has 0 bridgehead atoms. The van der Waals surface area contributed by atoms with Gasteiger partial charge in [-0.1, -0.05) is 122 Å². The van der Waals surface area contributed by atoms with Crippen LogP contribution in [0.3, 0.4) is 0 Å². The molecular formula is C26H47O2PS2. The van der Waals surface area contributed by atoms with Crippen LogP contribution in [-0.4, -0.2) is 9.79 Å². The van der Waals surface area contributed by atoms with Crippen LogP contribution in [-0.2, 0) is 24.6 Å². The van der Waals surface area contributed by atoms with E-state index >= 15 is 0 Å². The lowest BCUT2D eigenvalue weighted by atomic mass is 9.99. The highest BCUT2D eigenvalue weighted by Crippen LogP contribution is 2.56. The van der Waals surface area contributed by atoms with E-state index in [2.05, 4.69) is 32.0 Å². The van der Waals surface area contributed by atoms with E-state index in [0.29, 0.717) is 0 Å². The molecule has 0 amide bonds. The Kier molecular flexibility index (Phi) is 17.5. The lowest BCUT2D eigenvalue weighted by Gasteiger charge is -2.16. The minimum absolute atomic E-state index is 1.01. The molecular weight excluding hydrogens is 439 g/mol.